The largest absolute Gasteiger partial charge is 0.477 e. The van der Waals surface area contributed by atoms with Crippen LogP contribution < -0.4 is 10.6 Å². The highest BCUT2D eigenvalue weighted by Gasteiger charge is 2.53. The minimum absolute atomic E-state index is 0.0371. The predicted octanol–water partition coefficient (Wildman–Crippen LogP) is -2.97. The van der Waals surface area contributed by atoms with E-state index in [1.165, 1.54) is 0 Å². The van der Waals surface area contributed by atoms with E-state index in [1.54, 1.807) is 30.3 Å². The summed E-state index contributed by atoms with van der Waals surface area (Å²) in [6.45, 7) is -1.59. The molecule has 1 heterocycles. The first-order chi connectivity index (χ1) is 15.1. The molecule has 1 saturated heterocycles. The molecule has 1 unspecified atom stereocenters. The lowest BCUT2D eigenvalue weighted by Gasteiger charge is -2.44. The number of rotatable bonds is 9. The van der Waals surface area contributed by atoms with E-state index in [1.807, 2.05) is 0 Å². The fraction of sp³-hybridized carbons (Fsp3) is 0.526. The van der Waals surface area contributed by atoms with Gasteiger partial charge in [-0.25, -0.2) is 9.59 Å². The zero-order chi connectivity index (χ0) is 23.9. The average molecular weight is 458 g/mol. The van der Waals surface area contributed by atoms with Crippen molar-refractivity contribution in [2.75, 3.05) is 13.2 Å². The number of amides is 2. The van der Waals surface area contributed by atoms with Gasteiger partial charge >= 0.3 is 12.1 Å². The van der Waals surface area contributed by atoms with Crippen LogP contribution in [-0.4, -0.2) is 98.0 Å². The molecule has 0 spiro atoms. The summed E-state index contributed by atoms with van der Waals surface area (Å²) in [6, 6.07) is 7.28. The number of nitrogens with one attached hydrogen (secondary N) is 2. The molecule has 0 saturated carbocycles. The van der Waals surface area contributed by atoms with Crippen molar-refractivity contribution >= 4 is 18.0 Å². The van der Waals surface area contributed by atoms with E-state index >= 15 is 0 Å². The molecule has 0 radical (unpaired) electrons. The SMILES string of the molecule is O=C(CNC(=O)OCc1ccccc1)N[C@H]1C([C@H](O)[C@H](O)CO)O[C@](O)(C(=O)O)C[C@H]1O. The fourth-order valence-corrected chi connectivity index (χ4v) is 3.06. The molecule has 32 heavy (non-hydrogen) atoms. The van der Waals surface area contributed by atoms with Crippen molar-refractivity contribution < 1.29 is 54.5 Å². The van der Waals surface area contributed by atoms with Gasteiger partial charge in [-0.1, -0.05) is 30.3 Å². The van der Waals surface area contributed by atoms with Crippen LogP contribution in [0.15, 0.2) is 30.3 Å². The minimum atomic E-state index is -2.90. The first kappa shape index (κ1) is 25.5. The van der Waals surface area contributed by atoms with Gasteiger partial charge in [0, 0.05) is 6.42 Å². The Morgan fingerprint density at radius 2 is 1.88 bits per heavy atom. The van der Waals surface area contributed by atoms with E-state index in [9.17, 15) is 34.8 Å². The Morgan fingerprint density at radius 3 is 2.47 bits per heavy atom. The Balaban J connectivity index is 1.97. The first-order valence-corrected chi connectivity index (χ1v) is 9.60. The van der Waals surface area contributed by atoms with Gasteiger partial charge in [0.2, 0.25) is 5.91 Å². The number of carboxylic acid groups (broad SMARTS) is 1. The molecule has 0 bridgehead atoms. The molecule has 1 aromatic rings. The molecule has 0 aliphatic carbocycles. The van der Waals surface area contributed by atoms with Gasteiger partial charge in [0.15, 0.2) is 0 Å². The van der Waals surface area contributed by atoms with Crippen LogP contribution in [0.25, 0.3) is 0 Å². The Hall–Kier alpha value is -2.81. The molecule has 6 atom stereocenters. The highest BCUT2D eigenvalue weighted by molar-refractivity contribution is 5.82. The van der Waals surface area contributed by atoms with Gasteiger partial charge in [0.1, 0.15) is 31.5 Å². The topological polar surface area (TPSA) is 215 Å². The normalized spacial score (nSPS) is 27.1. The third-order valence-corrected chi connectivity index (χ3v) is 4.77. The maximum absolute atomic E-state index is 12.2. The van der Waals surface area contributed by atoms with E-state index < -0.39 is 73.8 Å². The molecule has 2 rings (SSSR count). The molecule has 1 aliphatic heterocycles. The van der Waals surface area contributed by atoms with Crippen LogP contribution in [-0.2, 0) is 25.7 Å². The van der Waals surface area contributed by atoms with Gasteiger partial charge in [-0.2, -0.15) is 0 Å². The molecule has 0 aromatic heterocycles. The Kier molecular flexibility index (Phi) is 8.89. The summed E-state index contributed by atoms with van der Waals surface area (Å²) in [6.07, 6.45) is -9.10. The molecule has 1 aliphatic rings. The summed E-state index contributed by atoms with van der Waals surface area (Å²) in [5, 5.41) is 62.8. The van der Waals surface area contributed by atoms with Crippen LogP contribution >= 0.6 is 0 Å². The monoisotopic (exact) mass is 458 g/mol. The van der Waals surface area contributed by atoms with Crippen molar-refractivity contribution in [1.29, 1.82) is 0 Å². The summed E-state index contributed by atoms with van der Waals surface area (Å²) in [5.74, 6) is -5.63. The lowest BCUT2D eigenvalue weighted by molar-refractivity contribution is -0.295. The van der Waals surface area contributed by atoms with Crippen molar-refractivity contribution in [3.8, 4) is 0 Å². The number of carbonyl (C=O) groups excluding carboxylic acids is 2. The standard InChI is InChI=1S/C19H26N2O11/c22-8-12(24)15(26)16-14(11(23)6-19(30,32-16)17(27)28)21-13(25)7-20-18(29)31-9-10-4-2-1-3-5-10/h1-5,11-12,14-16,22-24,26,30H,6-9H2,(H,20,29)(H,21,25)(H,27,28)/t11-,12-,14-,15-,16?,19+/m1/s1. The summed E-state index contributed by atoms with van der Waals surface area (Å²) >= 11 is 0. The van der Waals surface area contributed by atoms with Gasteiger partial charge in [0.05, 0.1) is 18.8 Å². The predicted molar refractivity (Wildman–Crippen MR) is 104 cm³/mol. The molecular weight excluding hydrogens is 432 g/mol. The highest BCUT2D eigenvalue weighted by Crippen LogP contribution is 2.30. The maximum Gasteiger partial charge on any atom is 0.407 e. The summed E-state index contributed by atoms with van der Waals surface area (Å²) in [4.78, 5) is 35.2. The van der Waals surface area contributed by atoms with Crippen molar-refractivity contribution in [2.45, 2.75) is 49.3 Å². The van der Waals surface area contributed by atoms with Gasteiger partial charge in [-0.3, -0.25) is 4.79 Å². The summed E-state index contributed by atoms with van der Waals surface area (Å²) in [5.41, 5.74) is 0.722. The Bertz CT molecular complexity index is 793. The second kappa shape index (κ2) is 11.2. The number of carboxylic acids is 1. The van der Waals surface area contributed by atoms with Gasteiger partial charge in [0.25, 0.3) is 5.79 Å². The van der Waals surface area contributed by atoms with Crippen LogP contribution in [0, 0.1) is 0 Å². The van der Waals surface area contributed by atoms with Crippen molar-refractivity contribution in [3.63, 3.8) is 0 Å². The third-order valence-electron chi connectivity index (χ3n) is 4.77. The lowest BCUT2D eigenvalue weighted by Crippen LogP contribution is -2.67. The van der Waals surface area contributed by atoms with Crippen LogP contribution in [0.3, 0.4) is 0 Å². The minimum Gasteiger partial charge on any atom is -0.477 e. The Labute approximate surface area is 182 Å². The number of hydrogen-bond donors (Lipinski definition) is 8. The lowest BCUT2D eigenvalue weighted by atomic mass is 9.88. The summed E-state index contributed by atoms with van der Waals surface area (Å²) in [7, 11) is 0. The number of ether oxygens (including phenoxy) is 2. The molecule has 1 fully saturated rings. The molecule has 1 aromatic carbocycles. The molecule has 178 valence electrons. The van der Waals surface area contributed by atoms with E-state index in [4.69, 9.17) is 19.7 Å². The second-order valence-electron chi connectivity index (χ2n) is 7.19. The summed E-state index contributed by atoms with van der Waals surface area (Å²) < 4.78 is 9.91. The quantitative estimate of drug-likeness (QED) is 0.187. The number of carbonyl (C=O) groups is 3. The Morgan fingerprint density at radius 1 is 1.22 bits per heavy atom. The number of aliphatic hydroxyl groups excluding tert-OH is 4. The number of benzene rings is 1. The van der Waals surface area contributed by atoms with Crippen molar-refractivity contribution in [1.82, 2.24) is 10.6 Å². The smallest absolute Gasteiger partial charge is 0.407 e. The number of aliphatic hydroxyl groups is 5. The molecule has 8 N–H and O–H groups in total. The molecular formula is C19H26N2O11. The van der Waals surface area contributed by atoms with Crippen molar-refractivity contribution in [3.05, 3.63) is 35.9 Å². The average Bonchev–Trinajstić information content (AvgIpc) is 2.77. The van der Waals surface area contributed by atoms with E-state index in [-0.39, 0.29) is 6.61 Å². The zero-order valence-corrected chi connectivity index (χ0v) is 16.8. The first-order valence-electron chi connectivity index (χ1n) is 9.60. The number of hydrogen-bond acceptors (Lipinski definition) is 10. The van der Waals surface area contributed by atoms with Gasteiger partial charge < -0.3 is 50.7 Å². The zero-order valence-electron chi connectivity index (χ0n) is 16.8. The van der Waals surface area contributed by atoms with E-state index in [2.05, 4.69) is 10.6 Å². The fourth-order valence-electron chi connectivity index (χ4n) is 3.06. The number of alkyl carbamates (subject to hydrolysis) is 1. The maximum atomic E-state index is 12.2. The molecule has 13 nitrogen and oxygen atoms in total. The van der Waals surface area contributed by atoms with Gasteiger partial charge in [-0.05, 0) is 5.56 Å². The van der Waals surface area contributed by atoms with Crippen LogP contribution in [0.5, 0.6) is 0 Å². The van der Waals surface area contributed by atoms with E-state index in [0.29, 0.717) is 0 Å². The van der Waals surface area contributed by atoms with Crippen LogP contribution in [0.2, 0.25) is 0 Å². The van der Waals surface area contributed by atoms with E-state index in [0.717, 1.165) is 5.56 Å². The molecule has 2 amide bonds. The van der Waals surface area contributed by atoms with Crippen LogP contribution in [0.4, 0.5) is 4.79 Å². The second-order valence-corrected chi connectivity index (χ2v) is 7.19. The highest BCUT2D eigenvalue weighted by atomic mass is 16.7. The number of aliphatic carboxylic acids is 1. The third kappa shape index (κ3) is 6.59. The molecule has 13 heteroatoms. The van der Waals surface area contributed by atoms with Crippen molar-refractivity contribution in [2.24, 2.45) is 0 Å². The van der Waals surface area contributed by atoms with Gasteiger partial charge in [-0.15, -0.1) is 0 Å². The van der Waals surface area contributed by atoms with Crippen LogP contribution in [0.1, 0.15) is 12.0 Å².